The van der Waals surface area contributed by atoms with Crippen LogP contribution in [0.15, 0.2) is 61.5 Å². The highest BCUT2D eigenvalue weighted by atomic mass is 79.9. The fourth-order valence-electron chi connectivity index (χ4n) is 2.87. The number of methoxy groups -OCH3 is 1. The molecule has 1 aromatic heterocycles. The molecule has 9 nitrogen and oxygen atoms in total. The molecule has 0 saturated heterocycles. The van der Waals surface area contributed by atoms with E-state index in [-0.39, 0.29) is 16.4 Å². The Labute approximate surface area is 212 Å². The molecule has 3 aromatic rings. The maximum atomic E-state index is 12.9. The van der Waals surface area contributed by atoms with Crippen LogP contribution in [0.2, 0.25) is 5.02 Å². The summed E-state index contributed by atoms with van der Waals surface area (Å²) in [6, 6.07) is 11.7. The molecule has 0 unspecified atom stereocenters. The van der Waals surface area contributed by atoms with Crippen molar-refractivity contribution in [1.29, 1.82) is 0 Å². The summed E-state index contributed by atoms with van der Waals surface area (Å²) in [5.41, 5.74) is -0.751. The molecule has 0 spiro atoms. The summed E-state index contributed by atoms with van der Waals surface area (Å²) < 4.78 is 7.70. The third-order valence-electron chi connectivity index (χ3n) is 4.70. The highest BCUT2D eigenvalue weighted by molar-refractivity contribution is 9.10. The zero-order valence-corrected chi connectivity index (χ0v) is 21.5. The molecule has 0 radical (unpaired) electrons. The molecule has 1 amide bonds. The van der Waals surface area contributed by atoms with Crippen molar-refractivity contribution in [3.05, 3.63) is 78.4 Å². The van der Waals surface area contributed by atoms with Gasteiger partial charge in [0.2, 0.25) is 11.8 Å². The largest absolute Gasteiger partial charge is 0.497 e. The summed E-state index contributed by atoms with van der Waals surface area (Å²) in [6.45, 7) is 0. The van der Waals surface area contributed by atoms with Crippen LogP contribution in [0.4, 0.5) is 11.4 Å². The number of nitrogens with one attached hydrogen (secondary N) is 1. The number of amides is 1. The van der Waals surface area contributed by atoms with Crippen LogP contribution >= 0.6 is 39.3 Å². The molecule has 0 saturated carbocycles. The van der Waals surface area contributed by atoms with Crippen molar-refractivity contribution in [2.75, 3.05) is 18.2 Å². The molecule has 34 heavy (non-hydrogen) atoms. The van der Waals surface area contributed by atoms with Crippen molar-refractivity contribution in [2.24, 2.45) is 19.1 Å². The van der Waals surface area contributed by atoms with Crippen molar-refractivity contribution >= 4 is 61.6 Å². The minimum absolute atomic E-state index is 0.0657. The van der Waals surface area contributed by atoms with Crippen LogP contribution in [0.5, 0.6) is 11.6 Å². The Morgan fingerprint density at radius 3 is 2.47 bits per heavy atom. The van der Waals surface area contributed by atoms with E-state index in [0.717, 1.165) is 25.4 Å². The number of hydrogen-bond donors (Lipinski definition) is 2. The van der Waals surface area contributed by atoms with E-state index in [4.69, 9.17) is 16.3 Å². The minimum atomic E-state index is -0.739. The molecule has 12 heteroatoms. The van der Waals surface area contributed by atoms with Gasteiger partial charge in [0.15, 0.2) is 0 Å². The predicted octanol–water partition coefficient (Wildman–Crippen LogP) is 3.66. The molecule has 2 N–H and O–H groups in total. The molecule has 2 aromatic carbocycles. The minimum Gasteiger partial charge on any atom is -0.497 e. The van der Waals surface area contributed by atoms with E-state index in [1.54, 1.807) is 42.5 Å². The number of thioether (sulfide) groups is 1. The van der Waals surface area contributed by atoms with E-state index in [1.807, 2.05) is 0 Å². The fourth-order valence-corrected chi connectivity index (χ4v) is 4.42. The van der Waals surface area contributed by atoms with E-state index < -0.39 is 23.0 Å². The van der Waals surface area contributed by atoms with Gasteiger partial charge in [-0.2, -0.15) is 0 Å². The second kappa shape index (κ2) is 10.9. The third kappa shape index (κ3) is 5.72. The number of anilines is 1. The Balaban J connectivity index is 1.97. The number of benzene rings is 2. The van der Waals surface area contributed by atoms with Gasteiger partial charge in [0.1, 0.15) is 16.4 Å². The first-order valence-electron chi connectivity index (χ1n) is 9.72. The molecule has 1 heterocycles. The summed E-state index contributed by atoms with van der Waals surface area (Å²) in [6.07, 6.45) is 0. The topological polar surface area (TPSA) is 115 Å². The Morgan fingerprint density at radius 1 is 1.18 bits per heavy atom. The molecule has 0 fully saturated rings. The van der Waals surface area contributed by atoms with Crippen LogP contribution in [-0.2, 0) is 18.9 Å². The highest BCUT2D eigenvalue weighted by Crippen LogP contribution is 2.27. The van der Waals surface area contributed by atoms with Crippen molar-refractivity contribution in [3.8, 4) is 11.6 Å². The molecule has 0 aliphatic heterocycles. The van der Waals surface area contributed by atoms with Gasteiger partial charge in [-0.1, -0.05) is 39.3 Å². The van der Waals surface area contributed by atoms with Crippen LogP contribution in [0.25, 0.3) is 0 Å². The van der Waals surface area contributed by atoms with Crippen LogP contribution in [0.1, 0.15) is 5.56 Å². The number of aromatic hydroxyl groups is 1. The van der Waals surface area contributed by atoms with Gasteiger partial charge in [-0.15, -0.1) is 0 Å². The Morgan fingerprint density at radius 2 is 1.85 bits per heavy atom. The first-order valence-corrected chi connectivity index (χ1v) is 11.9. The third-order valence-corrected chi connectivity index (χ3v) is 6.48. The van der Waals surface area contributed by atoms with E-state index >= 15 is 0 Å². The second-order valence-corrected chi connectivity index (χ2v) is 9.27. The number of aliphatic imine (C=N–C) groups is 1. The van der Waals surface area contributed by atoms with Gasteiger partial charge < -0.3 is 15.2 Å². The summed E-state index contributed by atoms with van der Waals surface area (Å²) in [4.78, 5) is 42.1. The lowest BCUT2D eigenvalue weighted by molar-refractivity contribution is -0.113. The van der Waals surface area contributed by atoms with Crippen LogP contribution < -0.4 is 21.3 Å². The summed E-state index contributed by atoms with van der Waals surface area (Å²) in [5.74, 6) is -0.492. The first kappa shape index (κ1) is 25.6. The highest BCUT2D eigenvalue weighted by Gasteiger charge is 2.22. The molecule has 178 valence electrons. The van der Waals surface area contributed by atoms with Crippen LogP contribution in [0, 0.1) is 0 Å². The Kier molecular flexibility index (Phi) is 8.24. The molecule has 0 atom stereocenters. The molecule has 3 rings (SSSR count). The lowest BCUT2D eigenvalue weighted by atomic mass is 10.3. The fraction of sp³-hybridized carbons (Fsp3) is 0.182. The number of nitrogens with zero attached hydrogens (tertiary/aromatic N) is 3. The van der Waals surface area contributed by atoms with Gasteiger partial charge in [-0.3, -0.25) is 18.7 Å². The zero-order chi connectivity index (χ0) is 25.0. The molecule has 0 aliphatic rings. The normalized spacial score (nSPS) is 11.4. The van der Waals surface area contributed by atoms with E-state index in [1.165, 1.54) is 21.2 Å². The predicted molar refractivity (Wildman–Crippen MR) is 138 cm³/mol. The molecular formula is C22H20BrClN4O5S. The summed E-state index contributed by atoms with van der Waals surface area (Å²) in [5, 5.41) is 13.7. The van der Waals surface area contributed by atoms with Crippen LogP contribution in [-0.4, -0.2) is 38.1 Å². The molecular weight excluding hydrogens is 548 g/mol. The van der Waals surface area contributed by atoms with Crippen molar-refractivity contribution < 1.29 is 14.6 Å². The Bertz CT molecular complexity index is 1390. The van der Waals surface area contributed by atoms with Crippen molar-refractivity contribution in [3.63, 3.8) is 0 Å². The van der Waals surface area contributed by atoms with Gasteiger partial charge in [0.05, 0.1) is 29.3 Å². The number of carbonyl (C=O) groups is 1. The maximum Gasteiger partial charge on any atom is 0.333 e. The van der Waals surface area contributed by atoms with Gasteiger partial charge in [-0.05, 0) is 42.5 Å². The van der Waals surface area contributed by atoms with Crippen molar-refractivity contribution in [1.82, 2.24) is 9.13 Å². The quantitative estimate of drug-likeness (QED) is 0.347. The Hall–Kier alpha value is -3.02. The van der Waals surface area contributed by atoms with E-state index in [0.29, 0.717) is 22.1 Å². The zero-order valence-electron chi connectivity index (χ0n) is 18.3. The van der Waals surface area contributed by atoms with E-state index in [9.17, 15) is 19.5 Å². The van der Waals surface area contributed by atoms with Gasteiger partial charge in [0.25, 0.3) is 5.56 Å². The molecule has 0 bridgehead atoms. The second-order valence-electron chi connectivity index (χ2n) is 6.98. The summed E-state index contributed by atoms with van der Waals surface area (Å²) >= 11 is 10.4. The van der Waals surface area contributed by atoms with Crippen molar-refractivity contribution in [2.45, 2.75) is 0 Å². The first-order chi connectivity index (χ1) is 16.1. The van der Waals surface area contributed by atoms with E-state index in [2.05, 4.69) is 26.2 Å². The van der Waals surface area contributed by atoms with Crippen LogP contribution in [0.3, 0.4) is 0 Å². The number of carbonyl (C=O) groups excluding carboxylic acids is 1. The maximum absolute atomic E-state index is 12.9. The van der Waals surface area contributed by atoms with Gasteiger partial charge in [-0.25, -0.2) is 9.79 Å². The lowest BCUT2D eigenvalue weighted by Crippen LogP contribution is -2.39. The SMILES string of the molecule is COc1ccc(N=C(SCC(=O)Nc2ccc(Br)cc2Cl)c2c(O)n(C)c(=O)n(C)c2=O)cc1. The smallest absolute Gasteiger partial charge is 0.333 e. The number of ether oxygens (including phenoxy) is 1. The monoisotopic (exact) mass is 566 g/mol. The number of halogens is 2. The summed E-state index contributed by atoms with van der Waals surface area (Å²) in [7, 11) is 4.16. The number of hydrogen-bond acceptors (Lipinski definition) is 7. The average molecular weight is 568 g/mol. The molecule has 0 aliphatic carbocycles. The average Bonchev–Trinajstić information content (AvgIpc) is 2.82. The van der Waals surface area contributed by atoms with Gasteiger partial charge >= 0.3 is 5.69 Å². The number of rotatable bonds is 6. The standard InChI is InChI=1S/C22H20BrClN4O5S/c1-27-20(30)18(21(31)28(2)22(27)32)19(25-13-5-7-14(33-3)8-6-13)34-11-17(29)26-16-9-4-12(23)10-15(16)24/h4-10,30H,11H2,1-3H3,(H,26,29). The lowest BCUT2D eigenvalue weighted by Gasteiger charge is -2.13. The van der Waals surface area contributed by atoms with Gasteiger partial charge in [0, 0.05) is 18.6 Å². The number of aromatic nitrogens is 2.